The molecule has 0 unspecified atom stereocenters. The highest BCUT2D eigenvalue weighted by atomic mass is 35.5. The minimum absolute atomic E-state index is 0.0655. The summed E-state index contributed by atoms with van der Waals surface area (Å²) in [4.78, 5) is 11.1. The third kappa shape index (κ3) is 3.02. The molecule has 0 aliphatic carbocycles. The molecule has 0 aliphatic heterocycles. The molecular formula is C17H18ClNO. The first-order chi connectivity index (χ1) is 9.52. The average molecular weight is 288 g/mol. The number of hydrogen-bond donors (Lipinski definition) is 1. The minimum Gasteiger partial charge on any atom is -0.326 e. The van der Waals surface area contributed by atoms with E-state index in [0.717, 1.165) is 16.8 Å². The van der Waals surface area contributed by atoms with Gasteiger partial charge in [-0.05, 0) is 53.8 Å². The smallest absolute Gasteiger partial charge is 0.221 e. The van der Waals surface area contributed by atoms with Crippen molar-refractivity contribution in [3.05, 3.63) is 53.1 Å². The van der Waals surface area contributed by atoms with Gasteiger partial charge >= 0.3 is 0 Å². The maximum atomic E-state index is 11.1. The van der Waals surface area contributed by atoms with E-state index in [1.807, 2.05) is 24.3 Å². The standard InChI is InChI=1S/C17H18ClNO/c1-11-7-8-16(12(2)17(11)10-18)14-5-4-6-15(9-14)19-13(3)20/h4-9H,10H2,1-3H3,(H,19,20). The van der Waals surface area contributed by atoms with Crippen LogP contribution in [0.15, 0.2) is 36.4 Å². The number of anilines is 1. The van der Waals surface area contributed by atoms with E-state index in [1.54, 1.807) is 0 Å². The van der Waals surface area contributed by atoms with Gasteiger partial charge in [0, 0.05) is 18.5 Å². The van der Waals surface area contributed by atoms with E-state index in [9.17, 15) is 4.79 Å². The Morgan fingerprint density at radius 3 is 2.60 bits per heavy atom. The van der Waals surface area contributed by atoms with Crippen LogP contribution >= 0.6 is 11.6 Å². The Kier molecular flexibility index (Phi) is 4.46. The maximum absolute atomic E-state index is 11.1. The van der Waals surface area contributed by atoms with Crippen LogP contribution in [0.3, 0.4) is 0 Å². The second kappa shape index (κ2) is 6.10. The molecule has 0 atom stereocenters. The lowest BCUT2D eigenvalue weighted by molar-refractivity contribution is -0.114. The Labute approximate surface area is 124 Å². The maximum Gasteiger partial charge on any atom is 0.221 e. The predicted molar refractivity (Wildman–Crippen MR) is 85.2 cm³/mol. The molecule has 0 spiro atoms. The van der Waals surface area contributed by atoms with Gasteiger partial charge in [-0.1, -0.05) is 24.3 Å². The van der Waals surface area contributed by atoms with E-state index in [2.05, 4.69) is 31.3 Å². The summed E-state index contributed by atoms with van der Waals surface area (Å²) in [5.74, 6) is 0.445. The van der Waals surface area contributed by atoms with Gasteiger partial charge < -0.3 is 5.32 Å². The van der Waals surface area contributed by atoms with Crippen molar-refractivity contribution in [1.29, 1.82) is 0 Å². The van der Waals surface area contributed by atoms with Crippen LogP contribution in [0.4, 0.5) is 5.69 Å². The molecule has 0 aromatic heterocycles. The summed E-state index contributed by atoms with van der Waals surface area (Å²) in [6.07, 6.45) is 0. The number of carbonyl (C=O) groups is 1. The van der Waals surface area contributed by atoms with Gasteiger partial charge in [0.15, 0.2) is 0 Å². The fourth-order valence-corrected chi connectivity index (χ4v) is 2.79. The average Bonchev–Trinajstić information content (AvgIpc) is 2.39. The van der Waals surface area contributed by atoms with E-state index in [-0.39, 0.29) is 5.91 Å². The monoisotopic (exact) mass is 287 g/mol. The Bertz CT molecular complexity index is 649. The zero-order valence-electron chi connectivity index (χ0n) is 12.0. The fourth-order valence-electron chi connectivity index (χ4n) is 2.38. The molecule has 2 aromatic carbocycles. The van der Waals surface area contributed by atoms with Gasteiger partial charge in [0.1, 0.15) is 0 Å². The number of rotatable bonds is 3. The van der Waals surface area contributed by atoms with E-state index < -0.39 is 0 Å². The quantitative estimate of drug-likeness (QED) is 0.817. The molecule has 0 saturated carbocycles. The highest BCUT2D eigenvalue weighted by Gasteiger charge is 2.09. The lowest BCUT2D eigenvalue weighted by Crippen LogP contribution is -2.05. The molecule has 104 valence electrons. The summed E-state index contributed by atoms with van der Waals surface area (Å²) >= 11 is 6.04. The van der Waals surface area contributed by atoms with Crippen molar-refractivity contribution >= 4 is 23.2 Å². The fraction of sp³-hybridized carbons (Fsp3) is 0.235. The number of benzene rings is 2. The highest BCUT2D eigenvalue weighted by molar-refractivity contribution is 6.17. The van der Waals surface area contributed by atoms with Crippen LogP contribution in [0, 0.1) is 13.8 Å². The van der Waals surface area contributed by atoms with Crippen LogP contribution in [0.2, 0.25) is 0 Å². The Morgan fingerprint density at radius 2 is 1.95 bits per heavy atom. The Balaban J connectivity index is 2.49. The molecule has 20 heavy (non-hydrogen) atoms. The minimum atomic E-state index is -0.0655. The summed E-state index contributed by atoms with van der Waals surface area (Å²) < 4.78 is 0. The molecule has 0 heterocycles. The number of nitrogens with one attached hydrogen (secondary N) is 1. The largest absolute Gasteiger partial charge is 0.326 e. The van der Waals surface area contributed by atoms with Gasteiger partial charge in [0.05, 0.1) is 0 Å². The van der Waals surface area contributed by atoms with Crippen molar-refractivity contribution in [2.24, 2.45) is 0 Å². The van der Waals surface area contributed by atoms with Crippen LogP contribution in [0.5, 0.6) is 0 Å². The zero-order valence-corrected chi connectivity index (χ0v) is 12.7. The van der Waals surface area contributed by atoms with Crippen LogP contribution in [-0.4, -0.2) is 5.91 Å². The number of alkyl halides is 1. The molecule has 1 N–H and O–H groups in total. The molecule has 0 bridgehead atoms. The SMILES string of the molecule is CC(=O)Nc1cccc(-c2ccc(C)c(CCl)c2C)c1. The Morgan fingerprint density at radius 1 is 1.20 bits per heavy atom. The van der Waals surface area contributed by atoms with Gasteiger partial charge in [-0.15, -0.1) is 11.6 Å². The van der Waals surface area contributed by atoms with Gasteiger partial charge in [0.25, 0.3) is 0 Å². The molecule has 0 aliphatic rings. The first-order valence-corrected chi connectivity index (χ1v) is 7.09. The lowest BCUT2D eigenvalue weighted by Gasteiger charge is -2.13. The number of hydrogen-bond acceptors (Lipinski definition) is 1. The van der Waals surface area contributed by atoms with Crippen LogP contribution in [-0.2, 0) is 10.7 Å². The molecule has 3 heteroatoms. The molecule has 2 rings (SSSR count). The third-order valence-electron chi connectivity index (χ3n) is 3.46. The lowest BCUT2D eigenvalue weighted by atomic mass is 9.94. The van der Waals surface area contributed by atoms with Gasteiger partial charge in [-0.2, -0.15) is 0 Å². The van der Waals surface area contributed by atoms with Gasteiger partial charge in [-0.3, -0.25) is 4.79 Å². The molecule has 0 saturated heterocycles. The van der Waals surface area contributed by atoms with Gasteiger partial charge in [0.2, 0.25) is 5.91 Å². The van der Waals surface area contributed by atoms with Crippen molar-refractivity contribution in [2.75, 3.05) is 5.32 Å². The van der Waals surface area contributed by atoms with Crippen LogP contribution in [0.1, 0.15) is 23.6 Å². The molecule has 2 nitrogen and oxygen atoms in total. The van der Waals surface area contributed by atoms with E-state index in [4.69, 9.17) is 11.6 Å². The summed E-state index contributed by atoms with van der Waals surface area (Å²) in [6.45, 7) is 5.67. The van der Waals surface area contributed by atoms with E-state index in [0.29, 0.717) is 5.88 Å². The molecular weight excluding hydrogens is 270 g/mol. The zero-order chi connectivity index (χ0) is 14.7. The molecule has 1 amide bonds. The van der Waals surface area contributed by atoms with Crippen molar-refractivity contribution in [1.82, 2.24) is 0 Å². The van der Waals surface area contributed by atoms with E-state index >= 15 is 0 Å². The number of halogens is 1. The van der Waals surface area contributed by atoms with Crippen molar-refractivity contribution in [3.8, 4) is 11.1 Å². The first kappa shape index (κ1) is 14.6. The second-order valence-corrected chi connectivity index (χ2v) is 5.20. The third-order valence-corrected chi connectivity index (χ3v) is 3.73. The Hall–Kier alpha value is -1.80. The van der Waals surface area contributed by atoms with Crippen molar-refractivity contribution in [2.45, 2.75) is 26.7 Å². The molecule has 0 radical (unpaired) electrons. The normalized spacial score (nSPS) is 10.4. The van der Waals surface area contributed by atoms with Gasteiger partial charge in [-0.25, -0.2) is 0 Å². The van der Waals surface area contributed by atoms with Crippen molar-refractivity contribution in [3.63, 3.8) is 0 Å². The highest BCUT2D eigenvalue weighted by Crippen LogP contribution is 2.30. The van der Waals surface area contributed by atoms with Crippen LogP contribution in [0.25, 0.3) is 11.1 Å². The summed E-state index contributed by atoms with van der Waals surface area (Å²) in [6, 6.07) is 12.0. The molecule has 0 fully saturated rings. The first-order valence-electron chi connectivity index (χ1n) is 6.56. The predicted octanol–water partition coefficient (Wildman–Crippen LogP) is 4.67. The number of amides is 1. The molecule has 2 aromatic rings. The van der Waals surface area contributed by atoms with Crippen molar-refractivity contribution < 1.29 is 4.79 Å². The summed E-state index contributed by atoms with van der Waals surface area (Å²) in [5.41, 5.74) is 6.62. The van der Waals surface area contributed by atoms with Crippen LogP contribution < -0.4 is 5.32 Å². The summed E-state index contributed by atoms with van der Waals surface area (Å²) in [7, 11) is 0. The second-order valence-electron chi connectivity index (χ2n) is 4.93. The van der Waals surface area contributed by atoms with E-state index in [1.165, 1.54) is 23.6 Å². The number of carbonyl (C=O) groups excluding carboxylic acids is 1. The topological polar surface area (TPSA) is 29.1 Å². The number of aryl methyl sites for hydroxylation is 1. The summed E-state index contributed by atoms with van der Waals surface area (Å²) in [5, 5.41) is 2.81.